The van der Waals surface area contributed by atoms with Crippen molar-refractivity contribution in [2.75, 3.05) is 19.5 Å². The van der Waals surface area contributed by atoms with E-state index in [1.165, 1.54) is 23.2 Å². The molecule has 1 aliphatic rings. The molecule has 0 spiro atoms. The van der Waals surface area contributed by atoms with Crippen LogP contribution in [0.2, 0.25) is 0 Å². The second-order valence-electron chi connectivity index (χ2n) is 5.05. The van der Waals surface area contributed by atoms with Crippen molar-refractivity contribution in [1.29, 1.82) is 0 Å². The van der Waals surface area contributed by atoms with Crippen molar-refractivity contribution in [2.45, 2.75) is 25.7 Å². The summed E-state index contributed by atoms with van der Waals surface area (Å²) in [7, 11) is 3.61. The van der Waals surface area contributed by atoms with Gasteiger partial charge in [-0.05, 0) is 37.0 Å². The normalized spacial score (nSPS) is 13.1. The minimum absolute atomic E-state index is 0.735. The van der Waals surface area contributed by atoms with Crippen molar-refractivity contribution in [3.63, 3.8) is 0 Å². The van der Waals surface area contributed by atoms with E-state index in [1.54, 1.807) is 7.11 Å². The van der Waals surface area contributed by atoms with Crippen molar-refractivity contribution in [3.05, 3.63) is 46.9 Å². The SMILES string of the molecule is CNc1nc(Cc2cccc(OC)c2)nc2c1CCC2. The van der Waals surface area contributed by atoms with Gasteiger partial charge in [0.2, 0.25) is 0 Å². The summed E-state index contributed by atoms with van der Waals surface area (Å²) in [5.41, 5.74) is 3.67. The number of benzene rings is 1. The summed E-state index contributed by atoms with van der Waals surface area (Å²) in [6, 6.07) is 8.07. The quantitative estimate of drug-likeness (QED) is 0.927. The third kappa shape index (κ3) is 2.46. The Kier molecular flexibility index (Phi) is 3.54. The van der Waals surface area contributed by atoms with Gasteiger partial charge in [-0.25, -0.2) is 9.97 Å². The predicted octanol–water partition coefficient (Wildman–Crippen LogP) is 2.61. The van der Waals surface area contributed by atoms with Gasteiger partial charge in [-0.1, -0.05) is 12.1 Å². The molecule has 4 nitrogen and oxygen atoms in total. The monoisotopic (exact) mass is 269 g/mol. The molecule has 1 aliphatic carbocycles. The summed E-state index contributed by atoms with van der Waals surface area (Å²) < 4.78 is 5.26. The third-order valence-electron chi connectivity index (χ3n) is 3.71. The molecule has 0 bridgehead atoms. The van der Waals surface area contributed by atoms with Gasteiger partial charge in [0, 0.05) is 24.7 Å². The molecular weight excluding hydrogens is 250 g/mol. The Hall–Kier alpha value is -2.10. The molecule has 20 heavy (non-hydrogen) atoms. The lowest BCUT2D eigenvalue weighted by atomic mass is 10.1. The first kappa shape index (κ1) is 12.9. The first-order chi connectivity index (χ1) is 9.80. The number of nitrogens with one attached hydrogen (secondary N) is 1. The zero-order valence-corrected chi connectivity index (χ0v) is 11.9. The van der Waals surface area contributed by atoms with Gasteiger partial charge in [-0.2, -0.15) is 0 Å². The second kappa shape index (κ2) is 5.49. The highest BCUT2D eigenvalue weighted by Gasteiger charge is 2.18. The Morgan fingerprint density at radius 1 is 1.25 bits per heavy atom. The van der Waals surface area contributed by atoms with Crippen molar-refractivity contribution in [2.24, 2.45) is 0 Å². The van der Waals surface area contributed by atoms with Gasteiger partial charge in [-0.3, -0.25) is 0 Å². The van der Waals surface area contributed by atoms with Crippen LogP contribution in [0.3, 0.4) is 0 Å². The van der Waals surface area contributed by atoms with Crippen molar-refractivity contribution in [3.8, 4) is 5.75 Å². The van der Waals surface area contributed by atoms with Crippen LogP contribution in [0.15, 0.2) is 24.3 Å². The Bertz CT molecular complexity index is 625. The number of aryl methyl sites for hydroxylation is 1. The fraction of sp³-hybridized carbons (Fsp3) is 0.375. The number of hydrogen-bond acceptors (Lipinski definition) is 4. The van der Waals surface area contributed by atoms with E-state index < -0.39 is 0 Å². The predicted molar refractivity (Wildman–Crippen MR) is 79.4 cm³/mol. The van der Waals surface area contributed by atoms with Crippen LogP contribution in [-0.2, 0) is 19.3 Å². The topological polar surface area (TPSA) is 47.0 Å². The third-order valence-corrected chi connectivity index (χ3v) is 3.71. The van der Waals surface area contributed by atoms with E-state index in [1.807, 2.05) is 25.2 Å². The molecule has 1 N–H and O–H groups in total. The highest BCUT2D eigenvalue weighted by Crippen LogP contribution is 2.26. The summed E-state index contributed by atoms with van der Waals surface area (Å²) in [5.74, 6) is 2.74. The van der Waals surface area contributed by atoms with Crippen LogP contribution < -0.4 is 10.1 Å². The number of anilines is 1. The molecule has 2 aromatic rings. The number of nitrogens with zero attached hydrogens (tertiary/aromatic N) is 2. The lowest BCUT2D eigenvalue weighted by Gasteiger charge is -2.10. The molecule has 0 saturated carbocycles. The minimum atomic E-state index is 0.735. The molecule has 1 heterocycles. The van der Waals surface area contributed by atoms with Gasteiger partial charge in [0.15, 0.2) is 0 Å². The second-order valence-corrected chi connectivity index (χ2v) is 5.05. The zero-order chi connectivity index (χ0) is 13.9. The minimum Gasteiger partial charge on any atom is -0.497 e. The van der Waals surface area contributed by atoms with E-state index in [0.29, 0.717) is 0 Å². The molecule has 0 radical (unpaired) electrons. The average Bonchev–Trinajstić information content (AvgIpc) is 2.95. The van der Waals surface area contributed by atoms with Crippen LogP contribution in [-0.4, -0.2) is 24.1 Å². The van der Waals surface area contributed by atoms with Crippen LogP contribution in [0.5, 0.6) is 5.75 Å². The Morgan fingerprint density at radius 3 is 2.95 bits per heavy atom. The van der Waals surface area contributed by atoms with Gasteiger partial charge >= 0.3 is 0 Å². The summed E-state index contributed by atoms with van der Waals surface area (Å²) in [6.07, 6.45) is 4.07. The number of ether oxygens (including phenoxy) is 1. The van der Waals surface area contributed by atoms with E-state index >= 15 is 0 Å². The fourth-order valence-electron chi connectivity index (χ4n) is 2.73. The van der Waals surface area contributed by atoms with Crippen molar-refractivity contribution in [1.82, 2.24) is 9.97 Å². The van der Waals surface area contributed by atoms with E-state index in [-0.39, 0.29) is 0 Å². The molecule has 0 atom stereocenters. The van der Waals surface area contributed by atoms with Crippen LogP contribution in [0.25, 0.3) is 0 Å². The summed E-state index contributed by atoms with van der Waals surface area (Å²) >= 11 is 0. The fourth-order valence-corrected chi connectivity index (χ4v) is 2.73. The van der Waals surface area contributed by atoms with Crippen LogP contribution in [0.1, 0.15) is 29.1 Å². The summed E-state index contributed by atoms with van der Waals surface area (Å²) in [5, 5.41) is 3.20. The first-order valence-corrected chi connectivity index (χ1v) is 6.99. The number of fused-ring (bicyclic) bond motifs is 1. The van der Waals surface area contributed by atoms with Crippen LogP contribution in [0.4, 0.5) is 5.82 Å². The smallest absolute Gasteiger partial charge is 0.135 e. The molecule has 0 aliphatic heterocycles. The standard InChI is InChI=1S/C16H19N3O/c1-17-16-13-7-4-8-14(13)18-15(19-16)10-11-5-3-6-12(9-11)20-2/h3,5-6,9H,4,7-8,10H2,1-2H3,(H,17,18,19). The van der Waals surface area contributed by atoms with Gasteiger partial charge < -0.3 is 10.1 Å². The lowest BCUT2D eigenvalue weighted by Crippen LogP contribution is -2.06. The molecule has 1 aromatic heterocycles. The summed E-state index contributed by atoms with van der Waals surface area (Å²) in [6.45, 7) is 0. The largest absolute Gasteiger partial charge is 0.497 e. The molecular formula is C16H19N3O. The maximum Gasteiger partial charge on any atom is 0.135 e. The van der Waals surface area contributed by atoms with Gasteiger partial charge in [0.1, 0.15) is 17.4 Å². The number of rotatable bonds is 4. The lowest BCUT2D eigenvalue weighted by molar-refractivity contribution is 0.414. The van der Waals surface area contributed by atoms with E-state index in [4.69, 9.17) is 9.72 Å². The number of hydrogen-bond donors (Lipinski definition) is 1. The Labute approximate surface area is 119 Å². The van der Waals surface area contributed by atoms with Gasteiger partial charge in [0.05, 0.1) is 7.11 Å². The van der Waals surface area contributed by atoms with Crippen LogP contribution in [0, 0.1) is 0 Å². The molecule has 4 heteroatoms. The van der Waals surface area contributed by atoms with Gasteiger partial charge in [0.25, 0.3) is 0 Å². The molecule has 0 unspecified atom stereocenters. The Balaban J connectivity index is 1.90. The van der Waals surface area contributed by atoms with Gasteiger partial charge in [-0.15, -0.1) is 0 Å². The highest BCUT2D eigenvalue weighted by molar-refractivity contribution is 5.48. The van der Waals surface area contributed by atoms with Crippen molar-refractivity contribution < 1.29 is 4.74 Å². The average molecular weight is 269 g/mol. The number of methoxy groups -OCH3 is 1. The van der Waals surface area contributed by atoms with E-state index in [2.05, 4.69) is 16.4 Å². The number of aromatic nitrogens is 2. The molecule has 3 rings (SSSR count). The molecule has 0 saturated heterocycles. The highest BCUT2D eigenvalue weighted by atomic mass is 16.5. The van der Waals surface area contributed by atoms with E-state index in [9.17, 15) is 0 Å². The Morgan fingerprint density at radius 2 is 2.15 bits per heavy atom. The summed E-state index contributed by atoms with van der Waals surface area (Å²) in [4.78, 5) is 9.37. The molecule has 0 amide bonds. The molecule has 0 fully saturated rings. The van der Waals surface area contributed by atoms with Crippen LogP contribution >= 0.6 is 0 Å². The maximum absolute atomic E-state index is 5.26. The van der Waals surface area contributed by atoms with E-state index in [0.717, 1.165) is 36.7 Å². The molecule has 1 aromatic carbocycles. The molecule has 104 valence electrons. The zero-order valence-electron chi connectivity index (χ0n) is 11.9. The van der Waals surface area contributed by atoms with Crippen molar-refractivity contribution >= 4 is 5.82 Å². The first-order valence-electron chi connectivity index (χ1n) is 6.99. The maximum atomic E-state index is 5.26.